The van der Waals surface area contributed by atoms with Gasteiger partial charge in [0, 0.05) is 77.2 Å². The lowest BCUT2D eigenvalue weighted by atomic mass is 9.90. The SMILES string of the molecule is [C-]#[N+]c1cc([N+]#[C-])cc(-c2cc(-c3nc(-c4ccccc4)nc(-c4ccccc4)n3)cc(-c3cc(C#N)cc(C#N)c3)c2-n2c3ccccc3c3cc(-c4cccc(C#N)c4)ccc32)c1.[C-]#[N+]c1cccc(-c2ccc3c(c2)c2cc(-c4cccc(C#N)c4)ccc2n3-c2c(-c3cc(C#N)cc(C#N)c3)cc(-c3nc(-c4ccccc4)nc(-c4ccccc4)n3)cc2-c2cc([N+]#[C-])cc([N+]#[C-])c2)c1. The van der Waals surface area contributed by atoms with Gasteiger partial charge in [0.1, 0.15) is 0 Å². The van der Waals surface area contributed by atoms with E-state index in [4.69, 9.17) is 62.8 Å². The summed E-state index contributed by atoms with van der Waals surface area (Å²) in [5.74, 6) is 2.50. The summed E-state index contributed by atoms with van der Waals surface area (Å²) in [6, 6.07) is 130. The van der Waals surface area contributed by atoms with Crippen molar-refractivity contribution in [3.8, 4) is 194 Å². The molecule has 17 aromatic carbocycles. The lowest BCUT2D eigenvalue weighted by Crippen LogP contribution is -2.04. The zero-order valence-electron chi connectivity index (χ0n) is 72.7. The van der Waals surface area contributed by atoms with Crippen LogP contribution < -0.4 is 0 Å². The Morgan fingerprint density at radius 2 is 0.428 bits per heavy atom. The van der Waals surface area contributed by atoms with Crippen LogP contribution in [0.5, 0.6) is 0 Å². The van der Waals surface area contributed by atoms with E-state index in [1.54, 1.807) is 91.0 Å². The molecule has 21 aromatic rings. The number of aromatic nitrogens is 8. The largest absolute Gasteiger partial charge is 0.308 e. The molecule has 0 aliphatic rings. The molecule has 0 atom stereocenters. The number of rotatable bonds is 15. The van der Waals surface area contributed by atoms with E-state index in [9.17, 15) is 31.6 Å². The number of nitriles is 6. The fourth-order valence-electron chi connectivity index (χ4n) is 17.7. The molecule has 19 heteroatoms. The molecule has 632 valence electrons. The third kappa shape index (κ3) is 16.4. The minimum absolute atomic E-state index is 0.260. The minimum atomic E-state index is 0.260. The van der Waals surface area contributed by atoms with E-state index in [1.807, 2.05) is 249 Å². The standard InChI is InChI=1S/C63H32N10.C56H29N9/c1-67-51-19-11-18-45(28-51)47-21-23-59-57(32-47)56-31-46(44-17-10-12-39(25-44)36-64)20-22-58(56)73(59)60-54(48-26-40(37-65)24-41(27-48)38-66)33-50(34-55(60)49-29-52(68-2)35-53(30-49)69-3)63-71-61(42-13-6-4-7-14-42)70-62(72-63)43-15-8-5-9-16-43;1-60-45-26-43(27-46(31-45)61-2)49-30-44(56-63-54(38-13-5-3-6-14-38)62-55(64-56)39-15-7-4-8-16-39)29-48(42-24-36(33-58)22-37(25-42)34-59)53(49)65-51-19-10-9-18-47(51)50-28-41(20-21-52(50)65)40-17-11-12-35(23-40)32-57/h4-35H;3-31H. The van der Waals surface area contributed by atoms with Gasteiger partial charge in [-0.15, -0.1) is 0 Å². The van der Waals surface area contributed by atoms with E-state index in [0.717, 1.165) is 99.2 Å². The molecule has 0 unspecified atom stereocenters. The first-order valence-electron chi connectivity index (χ1n) is 43.2. The molecule has 21 rings (SSSR count). The first-order valence-corrected chi connectivity index (χ1v) is 43.2. The molecule has 0 saturated carbocycles. The Hall–Kier alpha value is -21.2. The predicted molar refractivity (Wildman–Crippen MR) is 539 cm³/mol. The van der Waals surface area contributed by atoms with Crippen molar-refractivity contribution in [1.82, 2.24) is 39.0 Å². The van der Waals surface area contributed by atoms with Gasteiger partial charge >= 0.3 is 0 Å². The number of hydrogen-bond acceptors (Lipinski definition) is 12. The van der Waals surface area contributed by atoms with Crippen LogP contribution in [0.25, 0.3) is 225 Å². The van der Waals surface area contributed by atoms with Crippen LogP contribution >= 0.6 is 0 Å². The molecular formula is C119H61N19. The topological polar surface area (TPSA) is 252 Å². The first kappa shape index (κ1) is 84.9. The second kappa shape index (κ2) is 36.7. The maximum atomic E-state index is 10.4. The van der Waals surface area contributed by atoms with Crippen LogP contribution in [0.1, 0.15) is 33.4 Å². The highest BCUT2D eigenvalue weighted by Gasteiger charge is 2.29. The number of benzene rings is 17. The molecule has 0 saturated heterocycles. The Morgan fingerprint density at radius 1 is 0.181 bits per heavy atom. The normalized spacial score (nSPS) is 10.7. The molecule has 0 spiro atoms. The highest BCUT2D eigenvalue weighted by Crippen LogP contribution is 2.50. The average molecular weight is 1760 g/mol. The van der Waals surface area contributed by atoms with Crippen LogP contribution in [0, 0.1) is 101 Å². The van der Waals surface area contributed by atoms with Crippen molar-refractivity contribution in [2.24, 2.45) is 0 Å². The van der Waals surface area contributed by atoms with Crippen molar-refractivity contribution in [1.29, 1.82) is 31.6 Å². The van der Waals surface area contributed by atoms with Crippen molar-refractivity contribution >= 4 is 72.0 Å². The van der Waals surface area contributed by atoms with Crippen molar-refractivity contribution in [3.63, 3.8) is 0 Å². The molecule has 0 aliphatic heterocycles. The summed E-state index contributed by atoms with van der Waals surface area (Å²) in [5, 5.41) is 64.7. The van der Waals surface area contributed by atoms with Crippen LogP contribution in [0.2, 0.25) is 0 Å². The van der Waals surface area contributed by atoms with Gasteiger partial charge in [-0.25, -0.2) is 54.1 Å². The number of para-hydroxylation sites is 1. The quantitative estimate of drug-likeness (QED) is 0.0869. The molecule has 0 aliphatic carbocycles. The van der Waals surface area contributed by atoms with Gasteiger partial charge in [0.25, 0.3) is 0 Å². The van der Waals surface area contributed by atoms with E-state index >= 15 is 0 Å². The van der Waals surface area contributed by atoms with Crippen LogP contribution in [0.15, 0.2) is 370 Å². The van der Waals surface area contributed by atoms with Crippen LogP contribution in [0.3, 0.4) is 0 Å². The van der Waals surface area contributed by atoms with Crippen molar-refractivity contribution in [2.75, 3.05) is 0 Å². The van der Waals surface area contributed by atoms with E-state index in [1.165, 1.54) is 0 Å². The number of fused-ring (bicyclic) bond motifs is 6. The van der Waals surface area contributed by atoms with Crippen LogP contribution in [0.4, 0.5) is 28.4 Å². The molecule has 0 fully saturated rings. The maximum Gasteiger partial charge on any atom is 0.187 e. The van der Waals surface area contributed by atoms with Gasteiger partial charge in [-0.3, -0.25) is 0 Å². The third-order valence-electron chi connectivity index (χ3n) is 23.9. The summed E-state index contributed by atoms with van der Waals surface area (Å²) >= 11 is 0. The lowest BCUT2D eigenvalue weighted by molar-refractivity contribution is 1.07. The minimum Gasteiger partial charge on any atom is -0.308 e. The van der Waals surface area contributed by atoms with Gasteiger partial charge in [0.15, 0.2) is 63.4 Å². The monoisotopic (exact) mass is 1760 g/mol. The maximum absolute atomic E-state index is 10.4. The second-order valence-corrected chi connectivity index (χ2v) is 32.3. The summed E-state index contributed by atoms with van der Waals surface area (Å²) in [6.07, 6.45) is 0. The molecule has 138 heavy (non-hydrogen) atoms. The third-order valence-corrected chi connectivity index (χ3v) is 23.9. The van der Waals surface area contributed by atoms with Gasteiger partial charge in [-0.1, -0.05) is 237 Å². The molecule has 0 radical (unpaired) electrons. The van der Waals surface area contributed by atoms with Gasteiger partial charge in [0.05, 0.1) is 136 Å². The molecule has 4 heterocycles. The van der Waals surface area contributed by atoms with E-state index in [-0.39, 0.29) is 33.9 Å². The molecule has 19 nitrogen and oxygen atoms in total. The van der Waals surface area contributed by atoms with Crippen LogP contribution in [-0.4, -0.2) is 39.0 Å². The van der Waals surface area contributed by atoms with E-state index in [0.29, 0.717) is 130 Å². The molecule has 4 aromatic heterocycles. The Labute approximate surface area is 792 Å². The second-order valence-electron chi connectivity index (χ2n) is 32.3. The van der Waals surface area contributed by atoms with Crippen molar-refractivity contribution < 1.29 is 0 Å². The van der Waals surface area contributed by atoms with Crippen molar-refractivity contribution in [2.45, 2.75) is 0 Å². The highest BCUT2D eigenvalue weighted by atomic mass is 15.1. The molecule has 0 amide bonds. The summed E-state index contributed by atoms with van der Waals surface area (Å²) in [5.41, 5.74) is 22.8. The van der Waals surface area contributed by atoms with Gasteiger partial charge < -0.3 is 9.13 Å². The Balaban J connectivity index is 0.000000171. The Morgan fingerprint density at radius 3 is 0.746 bits per heavy atom. The zero-order valence-corrected chi connectivity index (χ0v) is 72.7. The van der Waals surface area contributed by atoms with Gasteiger partial charge in [-0.2, -0.15) is 31.6 Å². The number of hydrogen-bond donors (Lipinski definition) is 0. The Bertz CT molecular complexity index is 8620. The van der Waals surface area contributed by atoms with E-state index < -0.39 is 0 Å². The first-order chi connectivity index (χ1) is 67.8. The zero-order chi connectivity index (χ0) is 94.4. The summed E-state index contributed by atoms with van der Waals surface area (Å²) in [6.45, 7) is 40.2. The fraction of sp³-hybridized carbons (Fsp3) is 0. The smallest absolute Gasteiger partial charge is 0.187 e. The molecular weight excluding hydrogens is 1700 g/mol. The lowest BCUT2D eigenvalue weighted by Gasteiger charge is -2.22. The molecule has 0 bridgehead atoms. The summed E-state index contributed by atoms with van der Waals surface area (Å²) in [7, 11) is 0. The van der Waals surface area contributed by atoms with E-state index in [2.05, 4.69) is 100 Å². The molecule has 0 N–H and O–H groups in total. The van der Waals surface area contributed by atoms with Gasteiger partial charge in [-0.05, 0) is 189 Å². The van der Waals surface area contributed by atoms with Gasteiger partial charge in [0.2, 0.25) is 0 Å². The summed E-state index contributed by atoms with van der Waals surface area (Å²) < 4.78 is 4.32. The average Bonchev–Trinajstić information content (AvgIpc) is 1.55. The summed E-state index contributed by atoms with van der Waals surface area (Å²) in [4.78, 5) is 49.2. The van der Waals surface area contributed by atoms with Crippen molar-refractivity contribution in [3.05, 3.63) is 461 Å². The Kier molecular flexibility index (Phi) is 22.6. The van der Waals surface area contributed by atoms with Crippen LogP contribution in [-0.2, 0) is 0 Å². The predicted octanol–water partition coefficient (Wildman–Crippen LogP) is 29.6. The highest BCUT2D eigenvalue weighted by molar-refractivity contribution is 6.15. The number of nitrogens with zero attached hydrogens (tertiary/aromatic N) is 19. The fourth-order valence-corrected chi connectivity index (χ4v) is 17.7.